The average Bonchev–Trinajstić information content (AvgIpc) is 2.92. The maximum Gasteiger partial charge on any atom is 0.229 e. The summed E-state index contributed by atoms with van der Waals surface area (Å²) in [5.41, 5.74) is 0. The molecule has 2 fully saturated rings. The third-order valence-corrected chi connectivity index (χ3v) is 4.56. The molecule has 0 bridgehead atoms. The van der Waals surface area contributed by atoms with Crippen molar-refractivity contribution in [2.24, 2.45) is 5.92 Å². The van der Waals surface area contributed by atoms with Gasteiger partial charge in [0, 0.05) is 25.2 Å². The average molecular weight is 283 g/mol. The van der Waals surface area contributed by atoms with Crippen molar-refractivity contribution in [2.75, 3.05) is 46.9 Å². The number of likely N-dealkylation sites (tertiary alicyclic amines) is 1. The van der Waals surface area contributed by atoms with Crippen LogP contribution in [0.15, 0.2) is 0 Å². The summed E-state index contributed by atoms with van der Waals surface area (Å²) in [6.45, 7) is 6.13. The van der Waals surface area contributed by atoms with Crippen LogP contribution in [0.1, 0.15) is 26.2 Å². The number of ether oxygens (including phenoxy) is 1. The summed E-state index contributed by atoms with van der Waals surface area (Å²) in [5.74, 6) is 0.297. The van der Waals surface area contributed by atoms with Gasteiger partial charge in [-0.05, 0) is 39.9 Å². The number of carbonyl (C=O) groups is 1. The van der Waals surface area contributed by atoms with Crippen LogP contribution in [-0.2, 0) is 9.53 Å². The molecule has 1 N–H and O–H groups in total. The summed E-state index contributed by atoms with van der Waals surface area (Å²) in [6.07, 6.45) is 3.25. The van der Waals surface area contributed by atoms with Gasteiger partial charge in [-0.1, -0.05) is 6.92 Å². The van der Waals surface area contributed by atoms with E-state index in [0.717, 1.165) is 38.9 Å². The topological polar surface area (TPSA) is 44.8 Å². The monoisotopic (exact) mass is 283 g/mol. The first-order valence-electron chi connectivity index (χ1n) is 7.89. The van der Waals surface area contributed by atoms with Crippen molar-refractivity contribution in [1.29, 1.82) is 0 Å². The minimum atomic E-state index is 0.0115. The van der Waals surface area contributed by atoms with Gasteiger partial charge in [0.15, 0.2) is 0 Å². The largest absolute Gasteiger partial charge is 0.379 e. The predicted molar refractivity (Wildman–Crippen MR) is 79.7 cm³/mol. The molecule has 5 nitrogen and oxygen atoms in total. The van der Waals surface area contributed by atoms with E-state index >= 15 is 0 Å². The van der Waals surface area contributed by atoms with Crippen molar-refractivity contribution >= 4 is 5.91 Å². The lowest BCUT2D eigenvalue weighted by atomic mass is 9.98. The zero-order chi connectivity index (χ0) is 14.5. The highest BCUT2D eigenvalue weighted by Gasteiger charge is 2.37. The number of hydrogen-bond donors (Lipinski definition) is 1. The lowest BCUT2D eigenvalue weighted by molar-refractivity contribution is -0.137. The lowest BCUT2D eigenvalue weighted by Gasteiger charge is -2.36. The van der Waals surface area contributed by atoms with E-state index in [9.17, 15) is 4.79 Å². The normalized spacial score (nSPS) is 28.3. The van der Waals surface area contributed by atoms with Crippen LogP contribution < -0.4 is 5.32 Å². The van der Waals surface area contributed by atoms with Crippen LogP contribution in [0.3, 0.4) is 0 Å². The molecule has 2 rings (SSSR count). The second-order valence-electron chi connectivity index (χ2n) is 6.22. The summed E-state index contributed by atoms with van der Waals surface area (Å²) in [5, 5.41) is 3.45. The maximum absolute atomic E-state index is 12.6. The van der Waals surface area contributed by atoms with Crippen LogP contribution in [0.2, 0.25) is 0 Å². The number of piperidine rings is 1. The van der Waals surface area contributed by atoms with Crippen molar-refractivity contribution in [3.05, 3.63) is 0 Å². The lowest BCUT2D eigenvalue weighted by Crippen LogP contribution is -2.50. The van der Waals surface area contributed by atoms with Gasteiger partial charge in [0.05, 0.1) is 19.1 Å². The fraction of sp³-hybridized carbons (Fsp3) is 0.933. The molecular weight excluding hydrogens is 254 g/mol. The Bertz CT molecular complexity index is 314. The third-order valence-electron chi connectivity index (χ3n) is 4.56. The Kier molecular flexibility index (Phi) is 5.81. The van der Waals surface area contributed by atoms with Crippen LogP contribution in [0.4, 0.5) is 0 Å². The fourth-order valence-electron chi connectivity index (χ4n) is 3.17. The zero-order valence-electron chi connectivity index (χ0n) is 13.1. The number of hydrogen-bond acceptors (Lipinski definition) is 4. The highest BCUT2D eigenvalue weighted by Crippen LogP contribution is 2.21. The SMILES string of the molecule is CCCNC1COCC1C(=O)N1CCC(N(C)C)CC1. The second-order valence-corrected chi connectivity index (χ2v) is 6.22. The molecule has 116 valence electrons. The third kappa shape index (κ3) is 3.71. The Hall–Kier alpha value is -0.650. The predicted octanol–water partition coefficient (Wildman–Crippen LogP) is 0.554. The number of nitrogens with one attached hydrogen (secondary N) is 1. The van der Waals surface area contributed by atoms with Crippen molar-refractivity contribution in [1.82, 2.24) is 15.1 Å². The Balaban J connectivity index is 1.85. The minimum Gasteiger partial charge on any atom is -0.379 e. The molecule has 20 heavy (non-hydrogen) atoms. The Morgan fingerprint density at radius 2 is 2.00 bits per heavy atom. The summed E-state index contributed by atoms with van der Waals surface area (Å²) in [7, 11) is 4.25. The molecule has 0 spiro atoms. The quantitative estimate of drug-likeness (QED) is 0.800. The van der Waals surface area contributed by atoms with Gasteiger partial charge in [0.25, 0.3) is 0 Å². The molecule has 2 heterocycles. The highest BCUT2D eigenvalue weighted by molar-refractivity contribution is 5.80. The first-order valence-corrected chi connectivity index (χ1v) is 7.89. The van der Waals surface area contributed by atoms with E-state index < -0.39 is 0 Å². The van der Waals surface area contributed by atoms with Crippen molar-refractivity contribution < 1.29 is 9.53 Å². The molecule has 5 heteroatoms. The molecular formula is C15H29N3O2. The van der Waals surface area contributed by atoms with Crippen LogP contribution in [-0.4, -0.2) is 74.7 Å². The first-order chi connectivity index (χ1) is 9.63. The molecule has 2 aliphatic heterocycles. The Morgan fingerprint density at radius 1 is 1.30 bits per heavy atom. The number of nitrogens with zero attached hydrogens (tertiary/aromatic N) is 2. The van der Waals surface area contributed by atoms with E-state index in [1.807, 2.05) is 4.90 Å². The highest BCUT2D eigenvalue weighted by atomic mass is 16.5. The van der Waals surface area contributed by atoms with Gasteiger partial charge in [-0.3, -0.25) is 4.79 Å². The summed E-state index contributed by atoms with van der Waals surface area (Å²) >= 11 is 0. The molecule has 2 unspecified atom stereocenters. The van der Waals surface area contributed by atoms with Gasteiger partial charge in [-0.15, -0.1) is 0 Å². The number of carbonyl (C=O) groups excluding carboxylic acids is 1. The van der Waals surface area contributed by atoms with Crippen molar-refractivity contribution in [2.45, 2.75) is 38.3 Å². The summed E-state index contributed by atoms with van der Waals surface area (Å²) in [6, 6.07) is 0.821. The Labute approximate surface area is 122 Å². The van der Waals surface area contributed by atoms with E-state index in [0.29, 0.717) is 19.3 Å². The van der Waals surface area contributed by atoms with Gasteiger partial charge in [-0.25, -0.2) is 0 Å². The van der Waals surface area contributed by atoms with E-state index in [2.05, 4.69) is 31.2 Å². The molecule has 0 aliphatic carbocycles. The van der Waals surface area contributed by atoms with Gasteiger partial charge >= 0.3 is 0 Å². The van der Waals surface area contributed by atoms with Crippen LogP contribution >= 0.6 is 0 Å². The smallest absolute Gasteiger partial charge is 0.229 e. The maximum atomic E-state index is 12.6. The molecule has 2 saturated heterocycles. The first kappa shape index (κ1) is 15.7. The summed E-state index contributed by atoms with van der Waals surface area (Å²) < 4.78 is 5.52. The van der Waals surface area contributed by atoms with E-state index in [4.69, 9.17) is 4.74 Å². The number of amides is 1. The van der Waals surface area contributed by atoms with Crippen LogP contribution in [0.25, 0.3) is 0 Å². The van der Waals surface area contributed by atoms with Crippen LogP contribution in [0.5, 0.6) is 0 Å². The molecule has 1 amide bonds. The van der Waals surface area contributed by atoms with E-state index in [-0.39, 0.29) is 17.9 Å². The van der Waals surface area contributed by atoms with Gasteiger partial charge in [0.1, 0.15) is 0 Å². The van der Waals surface area contributed by atoms with Gasteiger partial charge < -0.3 is 19.9 Å². The van der Waals surface area contributed by atoms with Crippen molar-refractivity contribution in [3.63, 3.8) is 0 Å². The molecule has 0 radical (unpaired) electrons. The molecule has 0 saturated carbocycles. The zero-order valence-corrected chi connectivity index (χ0v) is 13.1. The van der Waals surface area contributed by atoms with Crippen molar-refractivity contribution in [3.8, 4) is 0 Å². The van der Waals surface area contributed by atoms with Gasteiger partial charge in [-0.2, -0.15) is 0 Å². The van der Waals surface area contributed by atoms with Gasteiger partial charge in [0.2, 0.25) is 5.91 Å². The number of rotatable bonds is 5. The van der Waals surface area contributed by atoms with Crippen LogP contribution in [0, 0.1) is 5.92 Å². The minimum absolute atomic E-state index is 0.0115. The van der Waals surface area contributed by atoms with E-state index in [1.165, 1.54) is 0 Å². The Morgan fingerprint density at radius 3 is 2.60 bits per heavy atom. The molecule has 2 aliphatic rings. The molecule has 0 aromatic heterocycles. The molecule has 0 aromatic carbocycles. The summed E-state index contributed by atoms with van der Waals surface area (Å²) in [4.78, 5) is 17.0. The molecule has 2 atom stereocenters. The fourth-order valence-corrected chi connectivity index (χ4v) is 3.17. The second kappa shape index (κ2) is 7.38. The molecule has 0 aromatic rings. The van der Waals surface area contributed by atoms with E-state index in [1.54, 1.807) is 0 Å². The standard InChI is InChI=1S/C15H29N3O2/c1-4-7-16-14-11-20-10-13(14)15(19)18-8-5-12(6-9-18)17(2)3/h12-14,16H,4-11H2,1-3H3.